The van der Waals surface area contributed by atoms with Crippen LogP contribution in [-0.4, -0.2) is 9.78 Å². The number of alkyl halides is 3. The monoisotopic (exact) mass is 407 g/mol. The lowest BCUT2D eigenvalue weighted by Crippen LogP contribution is -2.12. The summed E-state index contributed by atoms with van der Waals surface area (Å²) in [6.45, 7) is 6.36. The van der Waals surface area contributed by atoms with Crippen LogP contribution in [0.2, 0.25) is 0 Å². The number of nitrogens with zero attached hydrogens (tertiary/aromatic N) is 2. The fourth-order valence-corrected chi connectivity index (χ4v) is 3.37. The fourth-order valence-electron chi connectivity index (χ4n) is 3.37. The van der Waals surface area contributed by atoms with Gasteiger partial charge in [-0.1, -0.05) is 48.5 Å². The Morgan fingerprint density at radius 2 is 1.77 bits per heavy atom. The Morgan fingerprint density at radius 3 is 2.50 bits per heavy atom. The number of aromatic nitrogens is 2. The molecule has 0 aliphatic heterocycles. The number of rotatable bonds is 5. The van der Waals surface area contributed by atoms with Crippen molar-refractivity contribution in [1.29, 1.82) is 0 Å². The van der Waals surface area contributed by atoms with Crippen LogP contribution in [0.15, 0.2) is 79.5 Å². The summed E-state index contributed by atoms with van der Waals surface area (Å²) in [7, 11) is 0. The molecule has 0 aliphatic rings. The van der Waals surface area contributed by atoms with Gasteiger partial charge < -0.3 is 5.32 Å². The first-order chi connectivity index (χ1) is 14.3. The highest BCUT2D eigenvalue weighted by Crippen LogP contribution is 2.30. The zero-order valence-corrected chi connectivity index (χ0v) is 16.4. The van der Waals surface area contributed by atoms with Crippen molar-refractivity contribution in [2.24, 2.45) is 0 Å². The van der Waals surface area contributed by atoms with Crippen LogP contribution < -0.4 is 5.32 Å². The molecule has 0 aliphatic carbocycles. The third-order valence-corrected chi connectivity index (χ3v) is 4.98. The summed E-state index contributed by atoms with van der Waals surface area (Å²) in [4.78, 5) is 0. The molecule has 152 valence electrons. The Hall–Kier alpha value is -3.54. The van der Waals surface area contributed by atoms with Crippen LogP contribution in [0.3, 0.4) is 0 Å². The molecular weight excluding hydrogens is 387 g/mol. The molecule has 0 unspecified atom stereocenters. The van der Waals surface area contributed by atoms with Crippen molar-refractivity contribution in [3.8, 4) is 5.69 Å². The van der Waals surface area contributed by atoms with E-state index in [1.165, 1.54) is 11.6 Å². The van der Waals surface area contributed by atoms with Crippen LogP contribution in [0, 0.1) is 6.92 Å². The van der Waals surface area contributed by atoms with Gasteiger partial charge in [-0.25, -0.2) is 4.68 Å². The normalized spacial score (nSPS) is 11.6. The Kier molecular flexibility index (Phi) is 5.08. The predicted octanol–water partition coefficient (Wildman–Crippen LogP) is 6.11. The molecule has 4 rings (SSSR count). The van der Waals surface area contributed by atoms with Crippen molar-refractivity contribution in [3.05, 3.63) is 102 Å². The standard InChI is InChI=1S/C24H20F3N3/c1-16-9-11-20(12-10-16)30-23-8-4-7-21(22(23)15-29-30)17(2)28-14-18-5-3-6-19(13-18)24(25,26)27/h3-13,15,28H,2,14H2,1H3. The summed E-state index contributed by atoms with van der Waals surface area (Å²) in [5.74, 6) is 0. The number of fused-ring (bicyclic) bond motifs is 1. The van der Waals surface area contributed by atoms with E-state index in [-0.39, 0.29) is 6.54 Å². The average molecular weight is 407 g/mol. The largest absolute Gasteiger partial charge is 0.416 e. The molecule has 0 spiro atoms. The number of benzene rings is 3. The van der Waals surface area contributed by atoms with Gasteiger partial charge in [0.15, 0.2) is 0 Å². The van der Waals surface area contributed by atoms with Crippen LogP contribution in [0.5, 0.6) is 0 Å². The Morgan fingerprint density at radius 1 is 1.03 bits per heavy atom. The maximum Gasteiger partial charge on any atom is 0.416 e. The van der Waals surface area contributed by atoms with Gasteiger partial charge in [0, 0.05) is 23.2 Å². The van der Waals surface area contributed by atoms with E-state index in [4.69, 9.17) is 0 Å². The maximum atomic E-state index is 12.9. The molecule has 6 heteroatoms. The summed E-state index contributed by atoms with van der Waals surface area (Å²) in [5.41, 5.74) is 4.42. The molecule has 1 aromatic heterocycles. The van der Waals surface area contributed by atoms with E-state index in [9.17, 15) is 13.2 Å². The number of hydrogen-bond donors (Lipinski definition) is 1. The van der Waals surface area contributed by atoms with Crippen molar-refractivity contribution >= 4 is 16.6 Å². The molecule has 0 atom stereocenters. The number of nitrogens with one attached hydrogen (secondary N) is 1. The Balaban J connectivity index is 1.58. The molecule has 0 radical (unpaired) electrons. The highest BCUT2D eigenvalue weighted by Gasteiger charge is 2.30. The van der Waals surface area contributed by atoms with E-state index >= 15 is 0 Å². The van der Waals surface area contributed by atoms with E-state index in [1.54, 1.807) is 12.3 Å². The molecule has 3 nitrogen and oxygen atoms in total. The van der Waals surface area contributed by atoms with Crippen LogP contribution in [-0.2, 0) is 12.7 Å². The molecule has 0 saturated carbocycles. The first-order valence-corrected chi connectivity index (χ1v) is 9.46. The molecule has 1 heterocycles. The number of hydrogen-bond acceptors (Lipinski definition) is 2. The van der Waals surface area contributed by atoms with Gasteiger partial charge in [-0.05, 0) is 42.8 Å². The zero-order valence-electron chi connectivity index (χ0n) is 16.4. The summed E-state index contributed by atoms with van der Waals surface area (Å²) >= 11 is 0. The van der Waals surface area contributed by atoms with Crippen LogP contribution >= 0.6 is 0 Å². The van der Waals surface area contributed by atoms with Gasteiger partial charge in [0.1, 0.15) is 0 Å². The second kappa shape index (κ2) is 7.71. The Bertz CT molecular complexity index is 1200. The van der Waals surface area contributed by atoms with Crippen molar-refractivity contribution in [1.82, 2.24) is 15.1 Å². The van der Waals surface area contributed by atoms with Crippen LogP contribution in [0.4, 0.5) is 13.2 Å². The van der Waals surface area contributed by atoms with Gasteiger partial charge in [-0.3, -0.25) is 0 Å². The van der Waals surface area contributed by atoms with Gasteiger partial charge in [0.25, 0.3) is 0 Å². The van der Waals surface area contributed by atoms with Crippen molar-refractivity contribution < 1.29 is 13.2 Å². The summed E-state index contributed by atoms with van der Waals surface area (Å²) in [6.07, 6.45) is -2.58. The lowest BCUT2D eigenvalue weighted by Gasteiger charge is -2.13. The molecule has 3 aromatic carbocycles. The topological polar surface area (TPSA) is 29.9 Å². The Labute approximate surface area is 172 Å². The highest BCUT2D eigenvalue weighted by atomic mass is 19.4. The van der Waals surface area contributed by atoms with E-state index in [1.807, 2.05) is 54.1 Å². The quantitative estimate of drug-likeness (QED) is 0.432. The first-order valence-electron chi connectivity index (χ1n) is 9.46. The lowest BCUT2D eigenvalue weighted by atomic mass is 10.1. The molecule has 1 N–H and O–H groups in total. The second-order valence-electron chi connectivity index (χ2n) is 7.16. The molecule has 4 aromatic rings. The van der Waals surface area contributed by atoms with E-state index in [2.05, 4.69) is 17.0 Å². The predicted molar refractivity (Wildman–Crippen MR) is 113 cm³/mol. The second-order valence-corrected chi connectivity index (χ2v) is 7.16. The maximum absolute atomic E-state index is 12.9. The van der Waals surface area contributed by atoms with Gasteiger partial charge in [0.2, 0.25) is 0 Å². The first kappa shape index (κ1) is 19.8. The van der Waals surface area contributed by atoms with Crippen LogP contribution in [0.1, 0.15) is 22.3 Å². The third-order valence-electron chi connectivity index (χ3n) is 4.98. The third kappa shape index (κ3) is 3.94. The minimum absolute atomic E-state index is 0.241. The van der Waals surface area contributed by atoms with Crippen molar-refractivity contribution in [2.45, 2.75) is 19.6 Å². The van der Waals surface area contributed by atoms with Gasteiger partial charge >= 0.3 is 6.18 Å². The molecule has 30 heavy (non-hydrogen) atoms. The van der Waals surface area contributed by atoms with Gasteiger partial charge in [-0.15, -0.1) is 0 Å². The summed E-state index contributed by atoms with van der Waals surface area (Å²) in [6, 6.07) is 19.2. The minimum Gasteiger partial charge on any atom is -0.381 e. The van der Waals surface area contributed by atoms with Gasteiger partial charge in [-0.2, -0.15) is 18.3 Å². The van der Waals surface area contributed by atoms with Crippen molar-refractivity contribution in [3.63, 3.8) is 0 Å². The molecule has 0 amide bonds. The summed E-state index contributed by atoms with van der Waals surface area (Å²) < 4.78 is 40.6. The SMILES string of the molecule is C=C(NCc1cccc(C(F)(F)F)c1)c1cccc2c1cnn2-c1ccc(C)cc1. The fraction of sp³-hybridized carbons (Fsp3) is 0.125. The molecule has 0 bridgehead atoms. The van der Waals surface area contributed by atoms with Crippen molar-refractivity contribution in [2.75, 3.05) is 0 Å². The van der Waals surface area contributed by atoms with E-state index < -0.39 is 11.7 Å². The average Bonchev–Trinajstić information content (AvgIpc) is 3.16. The van der Waals surface area contributed by atoms with Gasteiger partial charge in [0.05, 0.1) is 23.0 Å². The summed E-state index contributed by atoms with van der Waals surface area (Å²) in [5, 5.41) is 8.58. The smallest absolute Gasteiger partial charge is 0.381 e. The van der Waals surface area contributed by atoms with E-state index in [0.717, 1.165) is 34.3 Å². The molecule has 0 saturated heterocycles. The molecular formula is C24H20F3N3. The number of halogens is 3. The molecule has 0 fully saturated rings. The lowest BCUT2D eigenvalue weighted by molar-refractivity contribution is -0.137. The minimum atomic E-state index is -4.36. The van der Waals surface area contributed by atoms with E-state index in [0.29, 0.717) is 11.3 Å². The van der Waals surface area contributed by atoms with Crippen LogP contribution in [0.25, 0.3) is 22.3 Å². The zero-order chi connectivity index (χ0) is 21.3. The highest BCUT2D eigenvalue weighted by molar-refractivity contribution is 5.91. The number of aryl methyl sites for hydroxylation is 1.